The molecule has 0 saturated carbocycles. The Morgan fingerprint density at radius 2 is 2.57 bits per heavy atom. The summed E-state index contributed by atoms with van der Waals surface area (Å²) in [6, 6.07) is 4.15. The van der Waals surface area contributed by atoms with Gasteiger partial charge < -0.3 is 0 Å². The maximum atomic E-state index is 4.36. The molecule has 0 N–H and O–H groups in total. The number of hydrogen-bond donors (Lipinski definition) is 0. The molecule has 1 aromatic heterocycles. The molecule has 0 radical (unpaired) electrons. The van der Waals surface area contributed by atoms with E-state index in [1.165, 1.54) is 23.2 Å². The normalized spacial score (nSPS) is 16.3. The summed E-state index contributed by atoms with van der Waals surface area (Å²) in [6.45, 7) is 5.53. The molecule has 1 aliphatic heterocycles. The second kappa shape index (κ2) is 4.57. The van der Waals surface area contributed by atoms with Crippen LogP contribution in [0.5, 0.6) is 0 Å². The van der Waals surface area contributed by atoms with Crippen molar-refractivity contribution in [2.45, 2.75) is 13.0 Å². The standard InChI is InChI=1S/C10H13N3S/c1-11-14-8-13-6-4-10-9(7-13)3-2-5-12-10/h2-3,5H,1,4,6-8H2. The molecule has 4 heteroatoms. The van der Waals surface area contributed by atoms with Gasteiger partial charge in [-0.25, -0.2) is 4.40 Å². The van der Waals surface area contributed by atoms with E-state index in [2.05, 4.69) is 27.1 Å². The molecule has 1 aromatic rings. The third kappa shape index (κ3) is 2.13. The lowest BCUT2D eigenvalue weighted by atomic mass is 10.1. The first-order valence-corrected chi connectivity index (χ1v) is 5.57. The number of fused-ring (bicyclic) bond motifs is 1. The molecule has 0 aromatic carbocycles. The van der Waals surface area contributed by atoms with Gasteiger partial charge in [-0.15, -0.1) is 0 Å². The fourth-order valence-corrected chi connectivity index (χ4v) is 2.12. The van der Waals surface area contributed by atoms with Crippen LogP contribution in [-0.2, 0) is 13.0 Å². The van der Waals surface area contributed by atoms with Crippen molar-refractivity contribution in [3.63, 3.8) is 0 Å². The van der Waals surface area contributed by atoms with Crippen LogP contribution in [0.3, 0.4) is 0 Å². The Bertz CT molecular complexity index is 327. The van der Waals surface area contributed by atoms with Crippen molar-refractivity contribution < 1.29 is 0 Å². The smallest absolute Gasteiger partial charge is 0.0668 e. The van der Waals surface area contributed by atoms with Gasteiger partial charge >= 0.3 is 0 Å². The maximum Gasteiger partial charge on any atom is 0.0668 e. The van der Waals surface area contributed by atoms with Crippen molar-refractivity contribution in [1.82, 2.24) is 9.88 Å². The van der Waals surface area contributed by atoms with E-state index in [1.807, 2.05) is 12.3 Å². The quantitative estimate of drug-likeness (QED) is 0.558. The second-order valence-electron chi connectivity index (χ2n) is 3.30. The molecule has 74 valence electrons. The molecule has 0 amide bonds. The van der Waals surface area contributed by atoms with Crippen LogP contribution in [0.15, 0.2) is 22.7 Å². The molecule has 0 saturated heterocycles. The van der Waals surface area contributed by atoms with Crippen molar-refractivity contribution in [3.8, 4) is 0 Å². The molecule has 0 atom stereocenters. The van der Waals surface area contributed by atoms with Gasteiger partial charge in [-0.2, -0.15) is 0 Å². The minimum Gasteiger partial charge on any atom is -0.288 e. The van der Waals surface area contributed by atoms with Gasteiger partial charge in [0.05, 0.1) is 5.88 Å². The summed E-state index contributed by atoms with van der Waals surface area (Å²) in [7, 11) is 0. The predicted octanol–water partition coefficient (Wildman–Crippen LogP) is 1.75. The van der Waals surface area contributed by atoms with Crippen molar-refractivity contribution in [2.75, 3.05) is 12.4 Å². The van der Waals surface area contributed by atoms with Crippen molar-refractivity contribution >= 4 is 18.7 Å². The van der Waals surface area contributed by atoms with Crippen LogP contribution < -0.4 is 0 Å². The van der Waals surface area contributed by atoms with Gasteiger partial charge in [0.2, 0.25) is 0 Å². The Hall–Kier alpha value is -0.870. The van der Waals surface area contributed by atoms with Gasteiger partial charge in [-0.05, 0) is 30.3 Å². The lowest BCUT2D eigenvalue weighted by molar-refractivity contribution is 0.297. The molecule has 1 aliphatic rings. The van der Waals surface area contributed by atoms with E-state index in [9.17, 15) is 0 Å². The lowest BCUT2D eigenvalue weighted by Gasteiger charge is -2.26. The van der Waals surface area contributed by atoms with Gasteiger partial charge in [0.25, 0.3) is 0 Å². The zero-order chi connectivity index (χ0) is 9.80. The minimum atomic E-state index is 0.928. The summed E-state index contributed by atoms with van der Waals surface area (Å²) in [5.41, 5.74) is 2.60. The van der Waals surface area contributed by atoms with Gasteiger partial charge in [0, 0.05) is 31.4 Å². The first-order valence-electron chi connectivity index (χ1n) is 4.63. The topological polar surface area (TPSA) is 28.5 Å². The molecule has 0 bridgehead atoms. The Labute approximate surface area is 88.4 Å². The number of pyridine rings is 1. The molecular weight excluding hydrogens is 194 g/mol. The summed E-state index contributed by atoms with van der Waals surface area (Å²) in [4.78, 5) is 6.73. The number of nitrogens with zero attached hydrogens (tertiary/aromatic N) is 3. The van der Waals surface area contributed by atoms with E-state index in [0.29, 0.717) is 0 Å². The van der Waals surface area contributed by atoms with Crippen molar-refractivity contribution in [2.24, 2.45) is 4.40 Å². The van der Waals surface area contributed by atoms with Crippen LogP contribution >= 0.6 is 11.9 Å². The third-order valence-electron chi connectivity index (χ3n) is 2.37. The average Bonchev–Trinajstić information content (AvgIpc) is 2.26. The molecule has 0 spiro atoms. The highest BCUT2D eigenvalue weighted by Gasteiger charge is 2.15. The Morgan fingerprint density at radius 3 is 3.43 bits per heavy atom. The van der Waals surface area contributed by atoms with Crippen LogP contribution in [0.4, 0.5) is 0 Å². The summed E-state index contributed by atoms with van der Waals surface area (Å²) in [6.07, 6.45) is 2.92. The molecule has 0 unspecified atom stereocenters. The van der Waals surface area contributed by atoms with Crippen LogP contribution in [0.2, 0.25) is 0 Å². The van der Waals surface area contributed by atoms with Gasteiger partial charge in [0.15, 0.2) is 0 Å². The van der Waals surface area contributed by atoms with Crippen LogP contribution in [0.1, 0.15) is 11.3 Å². The number of aromatic nitrogens is 1. The Morgan fingerprint density at radius 1 is 1.64 bits per heavy atom. The van der Waals surface area contributed by atoms with Gasteiger partial charge in [-0.3, -0.25) is 9.88 Å². The molecule has 0 fully saturated rings. The zero-order valence-corrected chi connectivity index (χ0v) is 8.83. The summed E-state index contributed by atoms with van der Waals surface area (Å²) >= 11 is 1.51. The average molecular weight is 207 g/mol. The predicted molar refractivity (Wildman–Crippen MR) is 60.4 cm³/mol. The summed E-state index contributed by atoms with van der Waals surface area (Å²) in [5.74, 6) is 0.928. The first kappa shape index (κ1) is 9.68. The molecule has 14 heavy (non-hydrogen) atoms. The Balaban J connectivity index is 2.02. The minimum absolute atomic E-state index is 0.928. The fraction of sp³-hybridized carbons (Fsp3) is 0.400. The SMILES string of the molecule is C=NSCN1CCc2ncccc2C1. The lowest BCUT2D eigenvalue weighted by Crippen LogP contribution is -2.30. The largest absolute Gasteiger partial charge is 0.288 e. The zero-order valence-electron chi connectivity index (χ0n) is 8.02. The molecular formula is C10H13N3S. The molecule has 0 aliphatic carbocycles. The number of rotatable bonds is 3. The molecule has 2 rings (SSSR count). The maximum absolute atomic E-state index is 4.36. The van der Waals surface area contributed by atoms with Gasteiger partial charge in [-0.1, -0.05) is 6.07 Å². The van der Waals surface area contributed by atoms with E-state index >= 15 is 0 Å². The summed E-state index contributed by atoms with van der Waals surface area (Å²) in [5, 5.41) is 0. The van der Waals surface area contributed by atoms with Crippen LogP contribution in [0, 0.1) is 0 Å². The first-order chi connectivity index (χ1) is 6.90. The molecule has 2 heterocycles. The van der Waals surface area contributed by atoms with Gasteiger partial charge in [0.1, 0.15) is 0 Å². The van der Waals surface area contributed by atoms with Crippen LogP contribution in [-0.4, -0.2) is 29.0 Å². The summed E-state index contributed by atoms with van der Waals surface area (Å²) < 4.78 is 3.80. The van der Waals surface area contributed by atoms with E-state index in [4.69, 9.17) is 0 Å². The van der Waals surface area contributed by atoms with Crippen molar-refractivity contribution in [1.29, 1.82) is 0 Å². The highest BCUT2D eigenvalue weighted by Crippen LogP contribution is 2.18. The second-order valence-corrected chi connectivity index (χ2v) is 4.07. The van der Waals surface area contributed by atoms with Crippen LogP contribution in [0.25, 0.3) is 0 Å². The highest BCUT2D eigenvalue weighted by atomic mass is 32.2. The fourth-order valence-electron chi connectivity index (χ4n) is 1.66. The van der Waals surface area contributed by atoms with E-state index in [1.54, 1.807) is 0 Å². The van der Waals surface area contributed by atoms with Crippen molar-refractivity contribution in [3.05, 3.63) is 29.6 Å². The highest BCUT2D eigenvalue weighted by molar-refractivity contribution is 7.98. The monoisotopic (exact) mass is 207 g/mol. The van der Waals surface area contributed by atoms with E-state index in [-0.39, 0.29) is 0 Å². The van der Waals surface area contributed by atoms with E-state index in [0.717, 1.165) is 25.4 Å². The number of hydrogen-bond acceptors (Lipinski definition) is 4. The van der Waals surface area contributed by atoms with E-state index < -0.39 is 0 Å². The Kier molecular flexibility index (Phi) is 3.16. The molecule has 3 nitrogen and oxygen atoms in total. The third-order valence-corrected chi connectivity index (χ3v) is 3.04.